The summed E-state index contributed by atoms with van der Waals surface area (Å²) in [5.41, 5.74) is 0. The second-order valence-corrected chi connectivity index (χ2v) is 5.50. The van der Waals surface area contributed by atoms with E-state index in [-0.39, 0.29) is 6.54 Å². The van der Waals surface area contributed by atoms with Crippen LogP contribution in [0.3, 0.4) is 0 Å². The van der Waals surface area contributed by atoms with E-state index in [0.29, 0.717) is 5.76 Å². The van der Waals surface area contributed by atoms with Crippen LogP contribution < -0.4 is 10.6 Å². The molecule has 0 saturated carbocycles. The Bertz CT molecular complexity index is 354. The highest BCUT2D eigenvalue weighted by Gasteiger charge is 2.33. The van der Waals surface area contributed by atoms with Gasteiger partial charge >= 0.3 is 0 Å². The minimum atomic E-state index is -1.79. The van der Waals surface area contributed by atoms with E-state index < -0.39 is 22.5 Å². The predicted octanol–water partition coefficient (Wildman–Crippen LogP) is 2.15. The average molecular weight is 304 g/mol. The van der Waals surface area contributed by atoms with Crippen molar-refractivity contribution in [3.8, 4) is 0 Å². The van der Waals surface area contributed by atoms with Crippen LogP contribution >= 0.6 is 34.8 Å². The zero-order valence-electron chi connectivity index (χ0n) is 8.55. The van der Waals surface area contributed by atoms with E-state index in [1.807, 2.05) is 0 Å². The van der Waals surface area contributed by atoms with Crippen LogP contribution in [0, 0.1) is 0 Å². The Labute approximate surface area is 112 Å². The first-order chi connectivity index (χ1) is 7.93. The smallest absolute Gasteiger partial charge is 0.252 e. The quantitative estimate of drug-likeness (QED) is 0.647. The highest BCUT2D eigenvalue weighted by Crippen LogP contribution is 2.29. The molecule has 0 aliphatic heterocycles. The van der Waals surface area contributed by atoms with Crippen molar-refractivity contribution in [2.24, 2.45) is 0 Å². The van der Waals surface area contributed by atoms with E-state index in [4.69, 9.17) is 39.2 Å². The molecule has 0 saturated heterocycles. The van der Waals surface area contributed by atoms with Crippen molar-refractivity contribution in [3.63, 3.8) is 0 Å². The molecule has 4 nitrogen and oxygen atoms in total. The third-order valence-electron chi connectivity index (χ3n) is 1.81. The van der Waals surface area contributed by atoms with Crippen molar-refractivity contribution in [3.05, 3.63) is 24.2 Å². The van der Waals surface area contributed by atoms with Crippen molar-refractivity contribution in [1.29, 1.82) is 0 Å². The van der Waals surface area contributed by atoms with E-state index in [9.17, 15) is 9.18 Å². The fourth-order valence-corrected chi connectivity index (χ4v) is 1.46. The molecule has 2 N–H and O–H groups in total. The van der Waals surface area contributed by atoms with Gasteiger partial charge in [-0.2, -0.15) is 0 Å². The van der Waals surface area contributed by atoms with Crippen LogP contribution in [0.15, 0.2) is 22.8 Å². The lowest BCUT2D eigenvalue weighted by molar-refractivity contribution is -0.122. The van der Waals surface area contributed by atoms with E-state index in [1.54, 1.807) is 12.1 Å². The maximum absolute atomic E-state index is 12.1. The number of nitrogens with one attached hydrogen (secondary N) is 2. The van der Waals surface area contributed by atoms with Gasteiger partial charge in [0, 0.05) is 0 Å². The van der Waals surface area contributed by atoms with Crippen LogP contribution in [0.2, 0.25) is 0 Å². The van der Waals surface area contributed by atoms with Gasteiger partial charge in [-0.3, -0.25) is 10.1 Å². The lowest BCUT2D eigenvalue weighted by atomic mass is 10.4. The summed E-state index contributed by atoms with van der Waals surface area (Å²) in [6, 6.07) is 3.40. The summed E-state index contributed by atoms with van der Waals surface area (Å²) in [7, 11) is 0. The zero-order chi connectivity index (χ0) is 12.9. The number of carbonyl (C=O) groups is 1. The third kappa shape index (κ3) is 5.12. The Kier molecular flexibility index (Phi) is 5.52. The van der Waals surface area contributed by atoms with Gasteiger partial charge in [0.15, 0.2) is 6.67 Å². The molecule has 0 fully saturated rings. The monoisotopic (exact) mass is 302 g/mol. The Balaban J connectivity index is 2.55. The molecular formula is C9H10Cl3FN2O2. The van der Waals surface area contributed by atoms with Gasteiger partial charge in [0.05, 0.1) is 12.8 Å². The molecule has 0 aliphatic rings. The van der Waals surface area contributed by atoms with Gasteiger partial charge in [0.1, 0.15) is 11.9 Å². The van der Waals surface area contributed by atoms with Crippen LogP contribution in [0.5, 0.6) is 0 Å². The number of hydrogen-bond donors (Lipinski definition) is 2. The molecule has 8 heteroatoms. The standard InChI is InChI=1S/C9H10Cl3FN2O2/c10-9(11,12)8(15-7(16)4-13)14-5-6-2-1-3-17-6/h1-3,8,14H,4-5H2,(H,15,16). The fourth-order valence-electron chi connectivity index (χ4n) is 1.06. The summed E-state index contributed by atoms with van der Waals surface area (Å²) >= 11 is 16.9. The van der Waals surface area contributed by atoms with Gasteiger partial charge in [-0.05, 0) is 12.1 Å². The number of amides is 1. The SMILES string of the molecule is O=C(CF)NC(NCc1ccco1)C(Cl)(Cl)Cl. The number of carbonyl (C=O) groups excluding carboxylic acids is 1. The molecule has 0 bridgehead atoms. The fraction of sp³-hybridized carbons (Fsp3) is 0.444. The maximum atomic E-state index is 12.1. The molecule has 0 radical (unpaired) electrons. The summed E-state index contributed by atoms with van der Waals surface area (Å²) in [5.74, 6) is -0.271. The van der Waals surface area contributed by atoms with Gasteiger partial charge in [0.2, 0.25) is 3.79 Å². The number of furan rings is 1. The Morgan fingerprint density at radius 2 is 2.24 bits per heavy atom. The molecule has 0 aromatic carbocycles. The van der Waals surface area contributed by atoms with Gasteiger partial charge in [-0.25, -0.2) is 4.39 Å². The van der Waals surface area contributed by atoms with Crippen molar-refractivity contribution in [1.82, 2.24) is 10.6 Å². The second kappa shape index (κ2) is 6.44. The summed E-state index contributed by atoms with van der Waals surface area (Å²) in [4.78, 5) is 10.9. The van der Waals surface area contributed by atoms with Crippen molar-refractivity contribution >= 4 is 40.7 Å². The molecule has 17 heavy (non-hydrogen) atoms. The van der Waals surface area contributed by atoms with Gasteiger partial charge in [-0.15, -0.1) is 0 Å². The minimum absolute atomic E-state index is 0.234. The van der Waals surface area contributed by atoms with E-state index >= 15 is 0 Å². The molecule has 1 heterocycles. The Morgan fingerprint density at radius 3 is 2.71 bits per heavy atom. The first kappa shape index (κ1) is 14.6. The third-order valence-corrected chi connectivity index (χ3v) is 2.47. The Hall–Kier alpha value is -0.490. The molecule has 1 aromatic rings. The number of alkyl halides is 4. The molecular weight excluding hydrogens is 293 g/mol. The van der Waals surface area contributed by atoms with Crippen LogP contribution in [-0.4, -0.2) is 22.5 Å². The molecule has 1 atom stereocenters. The average Bonchev–Trinajstić information content (AvgIpc) is 2.74. The van der Waals surface area contributed by atoms with Crippen molar-refractivity contribution in [2.45, 2.75) is 16.5 Å². The number of rotatable bonds is 5. The minimum Gasteiger partial charge on any atom is -0.468 e. The largest absolute Gasteiger partial charge is 0.468 e. The first-order valence-electron chi connectivity index (χ1n) is 4.61. The molecule has 1 rings (SSSR count). The molecule has 1 amide bonds. The lowest BCUT2D eigenvalue weighted by Crippen LogP contribution is -2.53. The van der Waals surface area contributed by atoms with Gasteiger partial charge in [0.25, 0.3) is 5.91 Å². The van der Waals surface area contributed by atoms with Crippen molar-refractivity contribution < 1.29 is 13.6 Å². The highest BCUT2D eigenvalue weighted by molar-refractivity contribution is 6.68. The summed E-state index contributed by atoms with van der Waals surface area (Å²) in [6.07, 6.45) is 0.475. The summed E-state index contributed by atoms with van der Waals surface area (Å²) < 4.78 is 15.3. The molecule has 0 spiro atoms. The number of hydrogen-bond acceptors (Lipinski definition) is 3. The first-order valence-corrected chi connectivity index (χ1v) is 5.74. The lowest BCUT2D eigenvalue weighted by Gasteiger charge is -2.25. The van der Waals surface area contributed by atoms with Crippen LogP contribution in [0.4, 0.5) is 4.39 Å². The van der Waals surface area contributed by atoms with E-state index in [1.165, 1.54) is 6.26 Å². The number of halogens is 4. The highest BCUT2D eigenvalue weighted by atomic mass is 35.6. The van der Waals surface area contributed by atoms with Gasteiger partial charge < -0.3 is 9.73 Å². The topological polar surface area (TPSA) is 54.3 Å². The molecule has 0 aliphatic carbocycles. The predicted molar refractivity (Wildman–Crippen MR) is 63.7 cm³/mol. The van der Waals surface area contributed by atoms with Crippen LogP contribution in [-0.2, 0) is 11.3 Å². The second-order valence-electron chi connectivity index (χ2n) is 3.14. The zero-order valence-corrected chi connectivity index (χ0v) is 10.8. The van der Waals surface area contributed by atoms with Crippen LogP contribution in [0.1, 0.15) is 5.76 Å². The molecule has 1 unspecified atom stereocenters. The van der Waals surface area contributed by atoms with E-state index in [0.717, 1.165) is 0 Å². The molecule has 96 valence electrons. The maximum Gasteiger partial charge on any atom is 0.252 e. The summed E-state index contributed by atoms with van der Waals surface area (Å²) in [5, 5.41) is 4.95. The van der Waals surface area contributed by atoms with Crippen LogP contribution in [0.25, 0.3) is 0 Å². The van der Waals surface area contributed by atoms with Gasteiger partial charge in [-0.1, -0.05) is 34.8 Å². The van der Waals surface area contributed by atoms with E-state index in [2.05, 4.69) is 10.6 Å². The Morgan fingerprint density at radius 1 is 1.53 bits per heavy atom. The molecule has 1 aromatic heterocycles. The van der Waals surface area contributed by atoms with Crippen molar-refractivity contribution in [2.75, 3.05) is 6.67 Å². The summed E-state index contributed by atoms with van der Waals surface area (Å²) in [6.45, 7) is -0.947. The normalized spacial score (nSPS) is 13.4.